The van der Waals surface area contributed by atoms with Gasteiger partial charge < -0.3 is 15.2 Å². The highest BCUT2D eigenvalue weighted by atomic mass is 31.1. The minimum atomic E-state index is -0.734. The van der Waals surface area contributed by atoms with Gasteiger partial charge in [0, 0.05) is 12.8 Å². The van der Waals surface area contributed by atoms with E-state index in [1.54, 1.807) is 0 Å². The molecule has 0 rings (SSSR count). The van der Waals surface area contributed by atoms with E-state index in [2.05, 4.69) is 6.92 Å². The predicted molar refractivity (Wildman–Crippen MR) is 132 cm³/mol. The Bertz CT molecular complexity index is 478. The maximum absolute atomic E-state index is 12.1. The lowest BCUT2D eigenvalue weighted by atomic mass is 10.1. The van der Waals surface area contributed by atoms with E-state index in [0.29, 0.717) is 12.8 Å². The second-order valence-corrected chi connectivity index (χ2v) is 9.16. The topological polar surface area (TPSA) is 105 Å². The number of carbonyl (C=O) groups excluding carboxylic acids is 2. The summed E-state index contributed by atoms with van der Waals surface area (Å²) in [7, 11) is -0.491. The van der Waals surface area contributed by atoms with Crippen molar-refractivity contribution < 1.29 is 28.2 Å². The van der Waals surface area contributed by atoms with Crippen molar-refractivity contribution in [2.75, 3.05) is 19.8 Å². The van der Waals surface area contributed by atoms with Gasteiger partial charge in [0.15, 0.2) is 6.10 Å². The van der Waals surface area contributed by atoms with Crippen LogP contribution in [0.15, 0.2) is 0 Å². The number of rotatable bonds is 25. The monoisotopic (exact) mass is 489 g/mol. The van der Waals surface area contributed by atoms with Gasteiger partial charge in [-0.3, -0.25) is 14.1 Å². The number of hydrogen-bond acceptors (Lipinski definition) is 7. The van der Waals surface area contributed by atoms with Crippen molar-refractivity contribution in [1.82, 2.24) is 0 Å². The Morgan fingerprint density at radius 1 is 0.697 bits per heavy atom. The quantitative estimate of drug-likeness (QED) is 0.0867. The van der Waals surface area contributed by atoms with E-state index in [1.807, 2.05) is 0 Å². The maximum atomic E-state index is 12.1. The van der Waals surface area contributed by atoms with Crippen molar-refractivity contribution in [1.29, 1.82) is 0 Å². The molecule has 0 unspecified atom stereocenters. The van der Waals surface area contributed by atoms with Gasteiger partial charge in [-0.25, -0.2) is 4.57 Å². The first-order valence-corrected chi connectivity index (χ1v) is 13.9. The van der Waals surface area contributed by atoms with Crippen LogP contribution in [0.1, 0.15) is 122 Å². The second kappa shape index (κ2) is 25.6. The van der Waals surface area contributed by atoms with Crippen LogP contribution in [0.2, 0.25) is 0 Å². The fraction of sp³-hybridized carbons (Fsp3) is 0.920. The summed E-state index contributed by atoms with van der Waals surface area (Å²) in [6, 6.07) is 0. The molecule has 194 valence electrons. The van der Waals surface area contributed by atoms with E-state index >= 15 is 0 Å². The van der Waals surface area contributed by atoms with Crippen LogP contribution >= 0.6 is 8.69 Å². The molecule has 0 aromatic rings. The van der Waals surface area contributed by atoms with E-state index in [0.717, 1.165) is 64.3 Å². The SMILES string of the molecule is CCCCCCCCCCCCC(=O)O[C@@H](COP=O)COC(=O)CCCCCCCCN. The van der Waals surface area contributed by atoms with Gasteiger partial charge >= 0.3 is 20.6 Å². The van der Waals surface area contributed by atoms with Crippen molar-refractivity contribution >= 4 is 20.6 Å². The summed E-state index contributed by atoms with van der Waals surface area (Å²) in [6.45, 7) is 2.82. The molecule has 0 spiro atoms. The summed E-state index contributed by atoms with van der Waals surface area (Å²) in [6.07, 6.45) is 18.1. The van der Waals surface area contributed by atoms with Crippen molar-refractivity contribution in [3.05, 3.63) is 0 Å². The Morgan fingerprint density at radius 3 is 1.70 bits per heavy atom. The molecule has 1 atom stereocenters. The minimum absolute atomic E-state index is 0.0662. The zero-order valence-electron chi connectivity index (χ0n) is 20.9. The van der Waals surface area contributed by atoms with Crippen LogP contribution in [0.3, 0.4) is 0 Å². The Morgan fingerprint density at radius 2 is 1.18 bits per heavy atom. The van der Waals surface area contributed by atoms with E-state index in [1.165, 1.54) is 44.9 Å². The molecule has 0 aliphatic heterocycles. The van der Waals surface area contributed by atoms with Gasteiger partial charge in [0.1, 0.15) is 13.2 Å². The van der Waals surface area contributed by atoms with Crippen molar-refractivity contribution in [3.8, 4) is 0 Å². The Hall–Kier alpha value is -1.04. The Labute approximate surface area is 203 Å². The zero-order chi connectivity index (χ0) is 24.4. The lowest BCUT2D eigenvalue weighted by molar-refractivity contribution is -0.160. The predicted octanol–water partition coefficient (Wildman–Crippen LogP) is 6.67. The number of hydrogen-bond donors (Lipinski definition) is 1. The third-order valence-electron chi connectivity index (χ3n) is 5.61. The number of carbonyl (C=O) groups is 2. The molecule has 0 heterocycles. The molecule has 0 aliphatic carbocycles. The molecule has 0 aromatic carbocycles. The average Bonchev–Trinajstić information content (AvgIpc) is 2.81. The molecule has 0 amide bonds. The highest BCUT2D eigenvalue weighted by Gasteiger charge is 2.17. The highest BCUT2D eigenvalue weighted by Crippen LogP contribution is 2.13. The number of esters is 2. The first-order chi connectivity index (χ1) is 16.1. The largest absolute Gasteiger partial charge is 0.462 e. The first-order valence-electron chi connectivity index (χ1n) is 13.1. The Balaban J connectivity index is 3.86. The maximum Gasteiger partial charge on any atom is 0.327 e. The van der Waals surface area contributed by atoms with Crippen LogP contribution in [0.5, 0.6) is 0 Å². The summed E-state index contributed by atoms with van der Waals surface area (Å²) < 4.78 is 26.0. The molecular formula is C25H48NO6P. The normalized spacial score (nSPS) is 12.1. The van der Waals surface area contributed by atoms with Gasteiger partial charge in [-0.05, 0) is 25.8 Å². The van der Waals surface area contributed by atoms with Crippen molar-refractivity contribution in [2.45, 2.75) is 129 Å². The molecule has 0 bridgehead atoms. The first kappa shape index (κ1) is 32.0. The van der Waals surface area contributed by atoms with E-state index in [4.69, 9.17) is 19.7 Å². The molecule has 2 N–H and O–H groups in total. The molecule has 0 aromatic heterocycles. The molecule has 0 radical (unpaired) electrons. The van der Waals surface area contributed by atoms with Crippen LogP contribution in [-0.4, -0.2) is 37.8 Å². The van der Waals surface area contributed by atoms with Crippen molar-refractivity contribution in [3.63, 3.8) is 0 Å². The average molecular weight is 490 g/mol. The lowest BCUT2D eigenvalue weighted by Gasteiger charge is -2.16. The van der Waals surface area contributed by atoms with Crippen LogP contribution in [0.4, 0.5) is 0 Å². The molecule has 0 saturated heterocycles. The number of unbranched alkanes of at least 4 members (excludes halogenated alkanes) is 14. The fourth-order valence-electron chi connectivity index (χ4n) is 3.61. The molecule has 7 nitrogen and oxygen atoms in total. The van der Waals surface area contributed by atoms with E-state index in [-0.39, 0.29) is 25.2 Å². The van der Waals surface area contributed by atoms with Gasteiger partial charge in [0.05, 0.1) is 0 Å². The number of ether oxygens (including phenoxy) is 2. The smallest absolute Gasteiger partial charge is 0.327 e. The van der Waals surface area contributed by atoms with Gasteiger partial charge in [0.2, 0.25) is 0 Å². The molecule has 0 saturated carbocycles. The summed E-state index contributed by atoms with van der Waals surface area (Å²) in [5.74, 6) is -0.647. The summed E-state index contributed by atoms with van der Waals surface area (Å²) in [5.41, 5.74) is 5.47. The Kier molecular flexibility index (Phi) is 24.8. The van der Waals surface area contributed by atoms with Crippen LogP contribution in [0, 0.1) is 0 Å². The summed E-state index contributed by atoms with van der Waals surface area (Å²) in [4.78, 5) is 24.0. The number of nitrogens with two attached hydrogens (primary N) is 1. The molecule has 33 heavy (non-hydrogen) atoms. The van der Waals surface area contributed by atoms with Gasteiger partial charge in [-0.15, -0.1) is 0 Å². The minimum Gasteiger partial charge on any atom is -0.462 e. The zero-order valence-corrected chi connectivity index (χ0v) is 21.8. The van der Waals surface area contributed by atoms with Gasteiger partial charge in [-0.2, -0.15) is 0 Å². The molecular weight excluding hydrogens is 441 g/mol. The van der Waals surface area contributed by atoms with Crippen LogP contribution < -0.4 is 5.73 Å². The third kappa shape index (κ3) is 23.9. The second-order valence-electron chi connectivity index (χ2n) is 8.76. The summed E-state index contributed by atoms with van der Waals surface area (Å²) >= 11 is 0. The van der Waals surface area contributed by atoms with Crippen molar-refractivity contribution in [2.24, 2.45) is 5.73 Å². The van der Waals surface area contributed by atoms with Gasteiger partial charge in [-0.1, -0.05) is 90.4 Å². The van der Waals surface area contributed by atoms with E-state index in [9.17, 15) is 14.2 Å². The lowest BCUT2D eigenvalue weighted by Crippen LogP contribution is -2.28. The highest BCUT2D eigenvalue weighted by molar-refractivity contribution is 7.17. The van der Waals surface area contributed by atoms with Crippen LogP contribution in [-0.2, 0) is 28.2 Å². The fourth-order valence-corrected chi connectivity index (χ4v) is 3.84. The van der Waals surface area contributed by atoms with Crippen LogP contribution in [0.25, 0.3) is 0 Å². The molecule has 0 aliphatic rings. The third-order valence-corrected chi connectivity index (χ3v) is 5.87. The summed E-state index contributed by atoms with van der Waals surface area (Å²) in [5, 5.41) is 0. The van der Waals surface area contributed by atoms with E-state index < -0.39 is 14.8 Å². The molecule has 0 fully saturated rings. The molecule has 8 heteroatoms. The standard InChI is InChI=1S/C25H48NO6P/c1-2-3-4-5-6-7-8-9-13-16-19-25(28)32-23(22-31-33-29)21-30-24(27)18-15-12-10-11-14-17-20-26/h23H,2-22,26H2,1H3/t23-/m1/s1. The van der Waals surface area contributed by atoms with Gasteiger partial charge in [0.25, 0.3) is 0 Å².